The van der Waals surface area contributed by atoms with Gasteiger partial charge in [-0.2, -0.15) is 11.8 Å². The summed E-state index contributed by atoms with van der Waals surface area (Å²) in [7, 11) is 3.35. The fourth-order valence-electron chi connectivity index (χ4n) is 2.08. The van der Waals surface area contributed by atoms with Gasteiger partial charge in [-0.25, -0.2) is 0 Å². The lowest BCUT2D eigenvalue weighted by molar-refractivity contribution is -0.404. The zero-order chi connectivity index (χ0) is 18.3. The van der Waals surface area contributed by atoms with Gasteiger partial charge < -0.3 is 25.5 Å². The molecule has 0 saturated carbocycles. The Kier molecular flexibility index (Phi) is 7.59. The second kappa shape index (κ2) is 8.95. The summed E-state index contributed by atoms with van der Waals surface area (Å²) < 4.78 is 11.1. The van der Waals surface area contributed by atoms with Crippen LogP contribution in [0.1, 0.15) is 30.9 Å². The number of nitro groups is 1. The number of nitrogens with two attached hydrogens (primary N) is 2. The Morgan fingerprint density at radius 3 is 2.79 bits per heavy atom. The van der Waals surface area contributed by atoms with Crippen LogP contribution in [0.2, 0.25) is 0 Å². The Labute approximate surface area is 146 Å². The third-order valence-corrected chi connectivity index (χ3v) is 4.20. The van der Waals surface area contributed by atoms with Crippen LogP contribution < -0.4 is 11.5 Å². The van der Waals surface area contributed by atoms with Gasteiger partial charge in [0.25, 0.3) is 6.20 Å². The van der Waals surface area contributed by atoms with E-state index >= 15 is 0 Å². The van der Waals surface area contributed by atoms with Crippen LogP contribution in [0, 0.1) is 10.1 Å². The lowest BCUT2D eigenvalue weighted by atomic mass is 10.00. The largest absolute Gasteiger partial charge is 0.463 e. The van der Waals surface area contributed by atoms with Crippen molar-refractivity contribution >= 4 is 11.8 Å². The van der Waals surface area contributed by atoms with E-state index in [1.807, 2.05) is 19.9 Å². The summed E-state index contributed by atoms with van der Waals surface area (Å²) in [6.07, 6.45) is 0.795. The molecule has 1 aromatic heterocycles. The minimum atomic E-state index is -0.571. The first-order chi connectivity index (χ1) is 11.1. The van der Waals surface area contributed by atoms with E-state index in [1.165, 1.54) is 0 Å². The Morgan fingerprint density at radius 1 is 1.58 bits per heavy atom. The predicted octanol–water partition coefficient (Wildman–Crippen LogP) is 1.82. The number of rotatable bonds is 10. The summed E-state index contributed by atoms with van der Waals surface area (Å²) in [4.78, 5) is 11.5. The molecular formula is C15H26N4O4S. The summed E-state index contributed by atoms with van der Waals surface area (Å²) in [6, 6.07) is 1.96. The van der Waals surface area contributed by atoms with Gasteiger partial charge in [-0.1, -0.05) is 0 Å². The topological polar surface area (TPSA) is 121 Å². The Morgan fingerprint density at radius 2 is 2.25 bits per heavy atom. The van der Waals surface area contributed by atoms with Crippen LogP contribution in [0.25, 0.3) is 0 Å². The Bertz CT molecular complexity index is 581. The maximum atomic E-state index is 10.4. The van der Waals surface area contributed by atoms with Crippen LogP contribution in [-0.2, 0) is 22.6 Å². The Hall–Kier alpha value is -1.71. The zero-order valence-electron chi connectivity index (χ0n) is 14.6. The van der Waals surface area contributed by atoms with Gasteiger partial charge in [0.05, 0.1) is 22.8 Å². The van der Waals surface area contributed by atoms with Gasteiger partial charge in [0, 0.05) is 32.0 Å². The molecule has 0 atom stereocenters. The van der Waals surface area contributed by atoms with Gasteiger partial charge in [-0.05, 0) is 19.9 Å². The van der Waals surface area contributed by atoms with Crippen molar-refractivity contribution in [2.24, 2.45) is 11.5 Å². The van der Waals surface area contributed by atoms with Crippen LogP contribution in [0.15, 0.2) is 22.5 Å². The highest BCUT2D eigenvalue weighted by atomic mass is 32.2. The van der Waals surface area contributed by atoms with E-state index in [1.54, 1.807) is 30.8 Å². The molecule has 9 heteroatoms. The molecule has 0 aliphatic rings. The molecule has 0 spiro atoms. The summed E-state index contributed by atoms with van der Waals surface area (Å²) in [6.45, 7) is 4.83. The molecule has 0 unspecified atom stereocenters. The van der Waals surface area contributed by atoms with Crippen molar-refractivity contribution in [3.63, 3.8) is 0 Å². The van der Waals surface area contributed by atoms with Crippen LogP contribution in [0.4, 0.5) is 0 Å². The maximum Gasteiger partial charge on any atom is 0.274 e. The van der Waals surface area contributed by atoms with Gasteiger partial charge in [-0.15, -0.1) is 0 Å². The van der Waals surface area contributed by atoms with Crippen LogP contribution >= 0.6 is 11.8 Å². The zero-order valence-corrected chi connectivity index (χ0v) is 15.4. The molecule has 0 aliphatic heterocycles. The Balaban J connectivity index is 2.55. The molecule has 0 amide bonds. The monoisotopic (exact) mass is 358 g/mol. The van der Waals surface area contributed by atoms with Crippen molar-refractivity contribution in [3.8, 4) is 0 Å². The van der Waals surface area contributed by atoms with Crippen molar-refractivity contribution in [1.29, 1.82) is 0 Å². The predicted molar refractivity (Wildman–Crippen MR) is 94.7 cm³/mol. The van der Waals surface area contributed by atoms with Crippen molar-refractivity contribution in [2.45, 2.75) is 31.7 Å². The molecule has 4 N–H and O–H groups in total. The van der Waals surface area contributed by atoms with E-state index < -0.39 is 10.5 Å². The van der Waals surface area contributed by atoms with Crippen LogP contribution in [0.3, 0.4) is 0 Å². The van der Waals surface area contributed by atoms with Crippen molar-refractivity contribution in [2.75, 3.05) is 26.5 Å². The number of hydrogen-bond donors (Lipinski definition) is 2. The van der Waals surface area contributed by atoms with Gasteiger partial charge >= 0.3 is 0 Å². The standard InChI is InChI=1S/C15H26N4O4S/c1-15(2,17)14-11(9-22-4)7-12(23-14)10-24-6-5-18(3)13(16)8-19(20)21/h7-8H,5-6,9-10,16-17H2,1-4H3/b13-8+. The molecule has 0 saturated heterocycles. The highest BCUT2D eigenvalue weighted by Gasteiger charge is 2.24. The number of thioether (sulfide) groups is 1. The molecule has 1 aromatic rings. The molecule has 0 bridgehead atoms. The first-order valence-corrected chi connectivity index (χ1v) is 8.60. The first-order valence-electron chi connectivity index (χ1n) is 7.44. The lowest BCUT2D eigenvalue weighted by Gasteiger charge is -2.17. The molecule has 0 aliphatic carbocycles. The fourth-order valence-corrected chi connectivity index (χ4v) is 2.97. The first kappa shape index (κ1) is 20.3. The third kappa shape index (κ3) is 6.42. The normalized spacial score (nSPS) is 12.5. The highest BCUT2D eigenvalue weighted by Crippen LogP contribution is 2.28. The second-order valence-electron chi connectivity index (χ2n) is 6.04. The summed E-state index contributed by atoms with van der Waals surface area (Å²) in [5.74, 6) is 3.13. The van der Waals surface area contributed by atoms with Crippen molar-refractivity contribution < 1.29 is 14.1 Å². The van der Waals surface area contributed by atoms with E-state index in [4.69, 9.17) is 20.6 Å². The molecule has 1 rings (SSSR count). The summed E-state index contributed by atoms with van der Waals surface area (Å²) in [5.41, 5.74) is 12.1. The third-order valence-electron chi connectivity index (χ3n) is 3.24. The molecular weight excluding hydrogens is 332 g/mol. The maximum absolute atomic E-state index is 10.4. The van der Waals surface area contributed by atoms with Crippen LogP contribution in [-0.4, -0.2) is 36.3 Å². The average molecular weight is 358 g/mol. The van der Waals surface area contributed by atoms with E-state index in [2.05, 4.69) is 0 Å². The molecule has 24 heavy (non-hydrogen) atoms. The average Bonchev–Trinajstić information content (AvgIpc) is 2.86. The number of ether oxygens (including phenoxy) is 1. The molecule has 0 aromatic carbocycles. The fraction of sp³-hybridized carbons (Fsp3) is 0.600. The van der Waals surface area contributed by atoms with E-state index in [0.717, 1.165) is 29.0 Å². The smallest absolute Gasteiger partial charge is 0.274 e. The molecule has 8 nitrogen and oxygen atoms in total. The molecule has 0 fully saturated rings. The van der Waals surface area contributed by atoms with Gasteiger partial charge in [0.15, 0.2) is 5.82 Å². The van der Waals surface area contributed by atoms with Crippen molar-refractivity contribution in [1.82, 2.24) is 4.90 Å². The number of hydrogen-bond acceptors (Lipinski definition) is 8. The number of furan rings is 1. The quantitative estimate of drug-likeness (QED) is 0.369. The van der Waals surface area contributed by atoms with Gasteiger partial charge in [-0.3, -0.25) is 10.1 Å². The van der Waals surface area contributed by atoms with Gasteiger partial charge in [0.1, 0.15) is 11.5 Å². The van der Waals surface area contributed by atoms with E-state index in [-0.39, 0.29) is 5.82 Å². The molecule has 0 radical (unpaired) electrons. The second-order valence-corrected chi connectivity index (χ2v) is 7.14. The molecule has 1 heterocycles. The highest BCUT2D eigenvalue weighted by molar-refractivity contribution is 7.98. The summed E-state index contributed by atoms with van der Waals surface area (Å²) in [5, 5.41) is 10.4. The van der Waals surface area contributed by atoms with Crippen LogP contribution in [0.5, 0.6) is 0 Å². The van der Waals surface area contributed by atoms with E-state index in [9.17, 15) is 10.1 Å². The minimum Gasteiger partial charge on any atom is -0.463 e. The minimum absolute atomic E-state index is 0.133. The molecule has 136 valence electrons. The SMILES string of the molecule is COCc1cc(CSCCN(C)/C(N)=C/[N+](=O)[O-])oc1C(C)(C)N. The number of methoxy groups -OCH3 is 1. The number of nitrogens with zero attached hydrogens (tertiary/aromatic N) is 2. The van der Waals surface area contributed by atoms with Crippen molar-refractivity contribution in [3.05, 3.63) is 45.3 Å². The lowest BCUT2D eigenvalue weighted by Crippen LogP contribution is -2.29. The van der Waals surface area contributed by atoms with E-state index in [0.29, 0.717) is 18.9 Å². The summed E-state index contributed by atoms with van der Waals surface area (Å²) >= 11 is 1.65. The van der Waals surface area contributed by atoms with Gasteiger partial charge in [0.2, 0.25) is 0 Å².